The lowest BCUT2D eigenvalue weighted by molar-refractivity contribution is 0.149. The van der Waals surface area contributed by atoms with Crippen LogP contribution in [0.3, 0.4) is 0 Å². The summed E-state index contributed by atoms with van der Waals surface area (Å²) in [6.07, 6.45) is 13.4. The van der Waals surface area contributed by atoms with Gasteiger partial charge in [-0.3, -0.25) is 0 Å². The molecule has 2 aliphatic carbocycles. The molecule has 0 amide bonds. The Morgan fingerprint density at radius 3 is 2.32 bits per heavy atom. The second-order valence-electron chi connectivity index (χ2n) is 7.76. The molecule has 19 heavy (non-hydrogen) atoms. The van der Waals surface area contributed by atoms with Crippen molar-refractivity contribution in [1.82, 2.24) is 10.2 Å². The van der Waals surface area contributed by atoms with Crippen molar-refractivity contribution in [3.8, 4) is 0 Å². The fourth-order valence-corrected chi connectivity index (χ4v) is 5.51. The summed E-state index contributed by atoms with van der Waals surface area (Å²) in [5, 5.41) is 4.01. The van der Waals surface area contributed by atoms with Gasteiger partial charge >= 0.3 is 0 Å². The maximum absolute atomic E-state index is 4.01. The molecule has 2 heteroatoms. The summed E-state index contributed by atoms with van der Waals surface area (Å²) in [4.78, 5) is 2.79. The maximum Gasteiger partial charge on any atom is 0.0197 e. The molecule has 5 atom stereocenters. The van der Waals surface area contributed by atoms with Crippen LogP contribution < -0.4 is 5.32 Å². The van der Waals surface area contributed by atoms with Crippen LogP contribution in [0.1, 0.15) is 57.8 Å². The third-order valence-electron chi connectivity index (χ3n) is 6.53. The van der Waals surface area contributed by atoms with Crippen molar-refractivity contribution in [3.63, 3.8) is 0 Å². The predicted molar refractivity (Wildman–Crippen MR) is 79.2 cm³/mol. The minimum atomic E-state index is 0.804. The van der Waals surface area contributed by atoms with Crippen molar-refractivity contribution in [2.75, 3.05) is 19.6 Å². The third kappa shape index (κ3) is 2.58. The Morgan fingerprint density at radius 2 is 1.47 bits per heavy atom. The number of piperidine rings is 1. The molecule has 0 radical (unpaired) electrons. The average Bonchev–Trinajstić information content (AvgIpc) is 2.99. The zero-order valence-electron chi connectivity index (χ0n) is 12.3. The van der Waals surface area contributed by atoms with E-state index in [2.05, 4.69) is 10.2 Å². The Labute approximate surface area is 118 Å². The number of hydrogen-bond donors (Lipinski definition) is 1. The van der Waals surface area contributed by atoms with Gasteiger partial charge in [0.1, 0.15) is 0 Å². The van der Waals surface area contributed by atoms with Crippen molar-refractivity contribution in [1.29, 1.82) is 0 Å². The summed E-state index contributed by atoms with van der Waals surface area (Å²) in [5.74, 6) is 3.14. The zero-order chi connectivity index (χ0) is 12.7. The Hall–Kier alpha value is -0.0800. The minimum absolute atomic E-state index is 0.804. The molecular weight excluding hydrogens is 232 g/mol. The molecule has 2 heterocycles. The summed E-state index contributed by atoms with van der Waals surface area (Å²) < 4.78 is 0. The van der Waals surface area contributed by atoms with Crippen molar-refractivity contribution in [2.45, 2.75) is 69.9 Å². The van der Waals surface area contributed by atoms with Gasteiger partial charge < -0.3 is 10.2 Å². The molecule has 0 aromatic rings. The monoisotopic (exact) mass is 262 g/mol. The first kappa shape index (κ1) is 12.6. The lowest BCUT2D eigenvalue weighted by atomic mass is 9.78. The second-order valence-corrected chi connectivity index (χ2v) is 7.76. The van der Waals surface area contributed by atoms with Gasteiger partial charge in [-0.1, -0.05) is 19.3 Å². The number of nitrogens with zero attached hydrogens (tertiary/aromatic N) is 1. The van der Waals surface area contributed by atoms with Gasteiger partial charge in [0, 0.05) is 31.7 Å². The van der Waals surface area contributed by atoms with E-state index in [0.29, 0.717) is 0 Å². The van der Waals surface area contributed by atoms with Crippen molar-refractivity contribution in [2.24, 2.45) is 17.8 Å². The third-order valence-corrected chi connectivity index (χ3v) is 6.53. The molecule has 2 aliphatic heterocycles. The summed E-state index contributed by atoms with van der Waals surface area (Å²) in [5.41, 5.74) is 0. The summed E-state index contributed by atoms with van der Waals surface area (Å²) >= 11 is 0. The van der Waals surface area contributed by atoms with Crippen LogP contribution in [0.4, 0.5) is 0 Å². The molecule has 2 saturated heterocycles. The van der Waals surface area contributed by atoms with Gasteiger partial charge in [0.05, 0.1) is 0 Å². The highest BCUT2D eigenvalue weighted by Crippen LogP contribution is 2.38. The number of nitrogens with one attached hydrogen (secondary N) is 1. The molecule has 1 N–H and O–H groups in total. The van der Waals surface area contributed by atoms with E-state index >= 15 is 0 Å². The van der Waals surface area contributed by atoms with Gasteiger partial charge in [0.15, 0.2) is 0 Å². The van der Waals surface area contributed by atoms with Crippen LogP contribution in [0.15, 0.2) is 0 Å². The standard InChI is InChI=1S/C17H30N2/c1-2-7-17-13(4-1)8-9-16(18-17)12-19-10-14-5-3-6-15(14)11-19/h13-18H,1-12H2. The molecular formula is C17H30N2. The maximum atomic E-state index is 4.01. The molecule has 5 unspecified atom stereocenters. The molecule has 4 aliphatic rings. The predicted octanol–water partition coefficient (Wildman–Crippen LogP) is 3.03. The molecule has 2 nitrogen and oxygen atoms in total. The molecule has 4 fully saturated rings. The van der Waals surface area contributed by atoms with Gasteiger partial charge in [-0.15, -0.1) is 0 Å². The lowest BCUT2D eigenvalue weighted by Crippen LogP contribution is -2.52. The number of hydrogen-bond acceptors (Lipinski definition) is 2. The molecule has 108 valence electrons. The van der Waals surface area contributed by atoms with E-state index < -0.39 is 0 Å². The van der Waals surface area contributed by atoms with Gasteiger partial charge in [0.2, 0.25) is 0 Å². The largest absolute Gasteiger partial charge is 0.310 e. The normalized spacial score (nSPS) is 47.1. The first-order chi connectivity index (χ1) is 9.38. The highest BCUT2D eigenvalue weighted by molar-refractivity contribution is 4.93. The Balaban J connectivity index is 1.29. The van der Waals surface area contributed by atoms with Gasteiger partial charge in [-0.25, -0.2) is 0 Å². The Bertz CT molecular complexity index is 304. The molecule has 2 saturated carbocycles. The fourth-order valence-electron chi connectivity index (χ4n) is 5.51. The highest BCUT2D eigenvalue weighted by Gasteiger charge is 2.38. The highest BCUT2D eigenvalue weighted by atomic mass is 15.2. The fraction of sp³-hybridized carbons (Fsp3) is 1.00. The quantitative estimate of drug-likeness (QED) is 0.823. The molecule has 0 aromatic heterocycles. The lowest BCUT2D eigenvalue weighted by Gasteiger charge is -2.41. The first-order valence-corrected chi connectivity index (χ1v) is 8.87. The smallest absolute Gasteiger partial charge is 0.0197 e. The number of rotatable bonds is 2. The minimum Gasteiger partial charge on any atom is -0.310 e. The Kier molecular flexibility index (Phi) is 3.57. The van der Waals surface area contributed by atoms with E-state index in [1.54, 1.807) is 0 Å². The second kappa shape index (κ2) is 5.37. The van der Waals surface area contributed by atoms with Crippen molar-refractivity contribution < 1.29 is 0 Å². The van der Waals surface area contributed by atoms with E-state index in [4.69, 9.17) is 0 Å². The van der Waals surface area contributed by atoms with Crippen LogP contribution in [0.2, 0.25) is 0 Å². The Morgan fingerprint density at radius 1 is 0.737 bits per heavy atom. The SMILES string of the molecule is C1CC2CN(CC3CCC4CCCCC4N3)CC2C1. The summed E-state index contributed by atoms with van der Waals surface area (Å²) in [7, 11) is 0. The van der Waals surface area contributed by atoms with E-state index in [1.165, 1.54) is 77.4 Å². The summed E-state index contributed by atoms with van der Waals surface area (Å²) in [6, 6.07) is 1.67. The zero-order valence-corrected chi connectivity index (χ0v) is 12.3. The first-order valence-electron chi connectivity index (χ1n) is 8.87. The van der Waals surface area contributed by atoms with Crippen LogP contribution in [0.5, 0.6) is 0 Å². The number of likely N-dealkylation sites (tertiary alicyclic amines) is 1. The molecule has 0 spiro atoms. The van der Waals surface area contributed by atoms with E-state index in [1.807, 2.05) is 0 Å². The molecule has 4 rings (SSSR count). The van der Waals surface area contributed by atoms with Gasteiger partial charge in [-0.2, -0.15) is 0 Å². The van der Waals surface area contributed by atoms with E-state index in [9.17, 15) is 0 Å². The van der Waals surface area contributed by atoms with Crippen molar-refractivity contribution >= 4 is 0 Å². The molecule has 0 aromatic carbocycles. The van der Waals surface area contributed by atoms with Gasteiger partial charge in [-0.05, 0) is 56.3 Å². The summed E-state index contributed by atoms with van der Waals surface area (Å²) in [6.45, 7) is 4.17. The van der Waals surface area contributed by atoms with Crippen LogP contribution in [0.25, 0.3) is 0 Å². The average molecular weight is 262 g/mol. The van der Waals surface area contributed by atoms with E-state index in [-0.39, 0.29) is 0 Å². The number of fused-ring (bicyclic) bond motifs is 2. The van der Waals surface area contributed by atoms with Crippen LogP contribution >= 0.6 is 0 Å². The van der Waals surface area contributed by atoms with Crippen LogP contribution in [-0.2, 0) is 0 Å². The van der Waals surface area contributed by atoms with Crippen molar-refractivity contribution in [3.05, 3.63) is 0 Å². The molecule has 0 bridgehead atoms. The van der Waals surface area contributed by atoms with Crippen LogP contribution in [-0.4, -0.2) is 36.6 Å². The topological polar surface area (TPSA) is 15.3 Å². The van der Waals surface area contributed by atoms with E-state index in [0.717, 1.165) is 29.8 Å². The van der Waals surface area contributed by atoms with Gasteiger partial charge in [0.25, 0.3) is 0 Å². The van der Waals surface area contributed by atoms with Crippen LogP contribution in [0, 0.1) is 17.8 Å².